The Bertz CT molecular complexity index is 356. The monoisotopic (exact) mass is 242 g/mol. The Kier molecular flexibility index (Phi) is 5.42. The minimum Gasteiger partial charge on any atom is -0.396 e. The molecular weight excluding hydrogens is 224 g/mol. The maximum Gasteiger partial charge on any atom is 0.150 e. The van der Waals surface area contributed by atoms with E-state index >= 15 is 0 Å². The standard InChI is InChI=1S/C11H18N2O2S/c1-9(2)8-15-6-7-16(14)11-10(12)4-3-5-13-11/h3-5,9H,6-8,12H2,1-2H3. The van der Waals surface area contributed by atoms with Crippen molar-refractivity contribution in [2.75, 3.05) is 24.7 Å². The fraction of sp³-hybridized carbons (Fsp3) is 0.545. The van der Waals surface area contributed by atoms with Gasteiger partial charge < -0.3 is 10.5 Å². The second kappa shape index (κ2) is 6.60. The van der Waals surface area contributed by atoms with Crippen molar-refractivity contribution in [2.45, 2.75) is 18.9 Å². The van der Waals surface area contributed by atoms with E-state index < -0.39 is 10.8 Å². The maximum atomic E-state index is 11.8. The molecule has 16 heavy (non-hydrogen) atoms. The fourth-order valence-corrected chi connectivity index (χ4v) is 2.12. The van der Waals surface area contributed by atoms with E-state index in [-0.39, 0.29) is 0 Å². The van der Waals surface area contributed by atoms with E-state index in [0.29, 0.717) is 35.6 Å². The van der Waals surface area contributed by atoms with Crippen molar-refractivity contribution in [1.82, 2.24) is 4.98 Å². The van der Waals surface area contributed by atoms with Gasteiger partial charge in [0.2, 0.25) is 0 Å². The van der Waals surface area contributed by atoms with Crippen LogP contribution in [0.5, 0.6) is 0 Å². The summed E-state index contributed by atoms with van der Waals surface area (Å²) in [5.74, 6) is 0.932. The van der Waals surface area contributed by atoms with Gasteiger partial charge in [0.05, 0.1) is 28.8 Å². The average Bonchev–Trinajstić information content (AvgIpc) is 2.24. The van der Waals surface area contributed by atoms with Crippen LogP contribution in [0.3, 0.4) is 0 Å². The van der Waals surface area contributed by atoms with Crippen LogP contribution in [0, 0.1) is 5.92 Å². The SMILES string of the molecule is CC(C)COCCS(=O)c1ncccc1N. The van der Waals surface area contributed by atoms with Gasteiger partial charge in [0.1, 0.15) is 5.03 Å². The van der Waals surface area contributed by atoms with E-state index in [1.807, 2.05) is 0 Å². The van der Waals surface area contributed by atoms with Crippen molar-refractivity contribution in [3.63, 3.8) is 0 Å². The average molecular weight is 242 g/mol. The molecule has 0 amide bonds. The van der Waals surface area contributed by atoms with E-state index in [0.717, 1.165) is 0 Å². The minimum atomic E-state index is -1.17. The topological polar surface area (TPSA) is 65.2 Å². The Balaban J connectivity index is 2.39. The molecule has 1 heterocycles. The minimum absolute atomic E-state index is 0.438. The summed E-state index contributed by atoms with van der Waals surface area (Å²) >= 11 is 0. The van der Waals surface area contributed by atoms with E-state index in [9.17, 15) is 4.21 Å². The van der Waals surface area contributed by atoms with Crippen LogP contribution < -0.4 is 5.73 Å². The summed E-state index contributed by atoms with van der Waals surface area (Å²) in [6, 6.07) is 3.43. The molecule has 90 valence electrons. The number of nitrogens with zero attached hydrogens (tertiary/aromatic N) is 1. The van der Waals surface area contributed by atoms with Gasteiger partial charge in [-0.05, 0) is 18.1 Å². The van der Waals surface area contributed by atoms with Gasteiger partial charge >= 0.3 is 0 Å². The molecule has 0 aromatic carbocycles. The van der Waals surface area contributed by atoms with Gasteiger partial charge in [0, 0.05) is 12.8 Å². The third kappa shape index (κ3) is 4.28. The molecule has 0 aliphatic rings. The second-order valence-electron chi connectivity index (χ2n) is 3.92. The van der Waals surface area contributed by atoms with E-state index in [1.165, 1.54) is 0 Å². The van der Waals surface area contributed by atoms with Crippen molar-refractivity contribution in [2.24, 2.45) is 5.92 Å². The number of nitrogen functional groups attached to an aromatic ring is 1. The zero-order valence-electron chi connectivity index (χ0n) is 9.68. The number of nitrogens with two attached hydrogens (primary N) is 1. The molecule has 0 aliphatic carbocycles. The summed E-state index contributed by atoms with van der Waals surface area (Å²) in [4.78, 5) is 4.01. The molecule has 4 nitrogen and oxygen atoms in total. The lowest BCUT2D eigenvalue weighted by Crippen LogP contribution is -2.11. The molecule has 0 radical (unpaired) electrons. The molecule has 1 rings (SSSR count). The van der Waals surface area contributed by atoms with Crippen molar-refractivity contribution in [1.29, 1.82) is 0 Å². The number of ether oxygens (including phenoxy) is 1. The van der Waals surface area contributed by atoms with Gasteiger partial charge in [-0.3, -0.25) is 4.21 Å². The normalized spacial score (nSPS) is 12.9. The highest BCUT2D eigenvalue weighted by molar-refractivity contribution is 7.85. The summed E-state index contributed by atoms with van der Waals surface area (Å²) in [5.41, 5.74) is 6.15. The smallest absolute Gasteiger partial charge is 0.150 e. The molecule has 1 atom stereocenters. The molecule has 1 aromatic heterocycles. The number of aromatic nitrogens is 1. The molecule has 0 saturated heterocycles. The molecule has 0 fully saturated rings. The van der Waals surface area contributed by atoms with E-state index in [4.69, 9.17) is 10.5 Å². The van der Waals surface area contributed by atoms with Crippen LogP contribution in [0.4, 0.5) is 5.69 Å². The molecule has 1 aromatic rings. The molecule has 0 bridgehead atoms. The number of hydrogen-bond acceptors (Lipinski definition) is 4. The third-order valence-electron chi connectivity index (χ3n) is 1.88. The van der Waals surface area contributed by atoms with Crippen molar-refractivity contribution >= 4 is 16.5 Å². The third-order valence-corrected chi connectivity index (χ3v) is 3.19. The Morgan fingerprint density at radius 2 is 2.31 bits per heavy atom. The Morgan fingerprint density at radius 1 is 1.56 bits per heavy atom. The Labute approximate surface area is 98.7 Å². The van der Waals surface area contributed by atoms with Crippen LogP contribution in [-0.2, 0) is 15.5 Å². The molecule has 2 N–H and O–H groups in total. The summed E-state index contributed by atoms with van der Waals surface area (Å²) in [5, 5.41) is 0.454. The van der Waals surface area contributed by atoms with Crippen molar-refractivity contribution in [3.05, 3.63) is 18.3 Å². The lowest BCUT2D eigenvalue weighted by molar-refractivity contribution is 0.123. The van der Waals surface area contributed by atoms with Crippen LogP contribution in [0.2, 0.25) is 0 Å². The lowest BCUT2D eigenvalue weighted by atomic mass is 10.2. The molecule has 5 heteroatoms. The molecule has 0 spiro atoms. The van der Waals surface area contributed by atoms with E-state index in [1.54, 1.807) is 18.3 Å². The lowest BCUT2D eigenvalue weighted by Gasteiger charge is -2.07. The Morgan fingerprint density at radius 3 is 2.94 bits per heavy atom. The molecular formula is C11H18N2O2S. The molecule has 0 saturated carbocycles. The predicted octanol–water partition coefficient (Wildman–Crippen LogP) is 1.44. The quantitative estimate of drug-likeness (QED) is 0.767. The van der Waals surface area contributed by atoms with Gasteiger partial charge in [-0.1, -0.05) is 13.8 Å². The largest absolute Gasteiger partial charge is 0.396 e. The van der Waals surface area contributed by atoms with Gasteiger partial charge in [0.25, 0.3) is 0 Å². The summed E-state index contributed by atoms with van der Waals surface area (Å²) < 4.78 is 17.2. The van der Waals surface area contributed by atoms with Gasteiger partial charge in [-0.25, -0.2) is 4.98 Å². The molecule has 1 unspecified atom stereocenters. The van der Waals surface area contributed by atoms with Crippen LogP contribution in [-0.4, -0.2) is 28.2 Å². The number of rotatable bonds is 6. The first-order chi connectivity index (χ1) is 7.61. The summed E-state index contributed by atoms with van der Waals surface area (Å²) in [7, 11) is -1.17. The van der Waals surface area contributed by atoms with Crippen molar-refractivity contribution in [3.8, 4) is 0 Å². The first-order valence-electron chi connectivity index (χ1n) is 5.28. The number of hydrogen-bond donors (Lipinski definition) is 1. The van der Waals surface area contributed by atoms with Gasteiger partial charge in [0.15, 0.2) is 0 Å². The maximum absolute atomic E-state index is 11.8. The molecule has 0 aliphatic heterocycles. The highest BCUT2D eigenvalue weighted by Gasteiger charge is 2.08. The highest BCUT2D eigenvalue weighted by Crippen LogP contribution is 2.11. The first kappa shape index (κ1) is 13.1. The van der Waals surface area contributed by atoms with Gasteiger partial charge in [-0.15, -0.1) is 0 Å². The second-order valence-corrected chi connectivity index (χ2v) is 5.40. The zero-order chi connectivity index (χ0) is 12.0. The van der Waals surface area contributed by atoms with E-state index in [2.05, 4.69) is 18.8 Å². The Hall–Kier alpha value is -0.940. The van der Waals surface area contributed by atoms with Gasteiger partial charge in [-0.2, -0.15) is 0 Å². The number of anilines is 1. The first-order valence-corrected chi connectivity index (χ1v) is 6.59. The van der Waals surface area contributed by atoms with Crippen LogP contribution in [0.15, 0.2) is 23.4 Å². The van der Waals surface area contributed by atoms with Crippen molar-refractivity contribution < 1.29 is 8.95 Å². The summed E-state index contributed by atoms with van der Waals surface area (Å²) in [6.45, 7) is 5.32. The number of pyridine rings is 1. The fourth-order valence-electron chi connectivity index (χ4n) is 1.14. The zero-order valence-corrected chi connectivity index (χ0v) is 10.5. The van der Waals surface area contributed by atoms with Crippen LogP contribution >= 0.6 is 0 Å². The summed E-state index contributed by atoms with van der Waals surface area (Å²) in [6.07, 6.45) is 1.60. The highest BCUT2D eigenvalue weighted by atomic mass is 32.2. The van der Waals surface area contributed by atoms with Crippen LogP contribution in [0.1, 0.15) is 13.8 Å². The predicted molar refractivity (Wildman–Crippen MR) is 65.6 cm³/mol. The van der Waals surface area contributed by atoms with Crippen LogP contribution in [0.25, 0.3) is 0 Å².